The van der Waals surface area contributed by atoms with Crippen molar-refractivity contribution in [3.05, 3.63) is 94.4 Å². The molecule has 8 heteroatoms. The van der Waals surface area contributed by atoms with E-state index in [4.69, 9.17) is 9.47 Å². The number of amides is 1. The van der Waals surface area contributed by atoms with Crippen LogP contribution in [0.3, 0.4) is 0 Å². The van der Waals surface area contributed by atoms with Crippen LogP contribution in [0.4, 0.5) is 0 Å². The largest absolute Gasteiger partial charge is 0.497 e. The second kappa shape index (κ2) is 10.3. The summed E-state index contributed by atoms with van der Waals surface area (Å²) in [5, 5.41) is 8.64. The zero-order valence-electron chi connectivity index (χ0n) is 19.8. The molecule has 0 radical (unpaired) electrons. The number of hydrogen-bond donors (Lipinski definition) is 0. The molecule has 5 rings (SSSR count). The van der Waals surface area contributed by atoms with Crippen molar-refractivity contribution in [3.8, 4) is 17.2 Å². The predicted molar refractivity (Wildman–Crippen MR) is 136 cm³/mol. The maximum atomic E-state index is 13.2. The second-order valence-corrected chi connectivity index (χ2v) is 9.46. The van der Waals surface area contributed by atoms with Gasteiger partial charge in [-0.25, -0.2) is 4.68 Å². The predicted octanol–water partition coefficient (Wildman–Crippen LogP) is 4.54. The summed E-state index contributed by atoms with van der Waals surface area (Å²) in [4.78, 5) is 17.1. The molecule has 0 aliphatic carbocycles. The Bertz CT molecular complexity index is 1290. The van der Waals surface area contributed by atoms with E-state index in [9.17, 15) is 4.79 Å². The fourth-order valence-corrected chi connectivity index (χ4v) is 4.94. The zero-order chi connectivity index (χ0) is 24.2. The molecule has 0 spiro atoms. The molecule has 180 valence electrons. The van der Waals surface area contributed by atoms with E-state index < -0.39 is 0 Å². The van der Waals surface area contributed by atoms with Crippen LogP contribution >= 0.6 is 11.3 Å². The third-order valence-electron chi connectivity index (χ3n) is 6.13. The number of benzene rings is 2. The Balaban J connectivity index is 1.26. The zero-order valence-corrected chi connectivity index (χ0v) is 20.6. The number of nitrogens with zero attached hydrogens (tertiary/aromatic N) is 4. The number of carbonyl (C=O) groups is 1. The summed E-state index contributed by atoms with van der Waals surface area (Å²) in [6, 6.07) is 17.9. The third kappa shape index (κ3) is 5.39. The number of aromatic nitrogens is 2. The molecule has 0 N–H and O–H groups in total. The van der Waals surface area contributed by atoms with Crippen molar-refractivity contribution in [3.63, 3.8) is 0 Å². The first kappa shape index (κ1) is 23.1. The smallest absolute Gasteiger partial charge is 0.236 e. The first-order valence-electron chi connectivity index (χ1n) is 11.5. The van der Waals surface area contributed by atoms with Gasteiger partial charge in [-0.15, -0.1) is 0 Å². The summed E-state index contributed by atoms with van der Waals surface area (Å²) in [6.45, 7) is 2.12. The highest BCUT2D eigenvalue weighted by Gasteiger charge is 2.26. The fraction of sp³-hybridized carbons (Fsp3) is 0.259. The van der Waals surface area contributed by atoms with Crippen molar-refractivity contribution in [1.82, 2.24) is 19.6 Å². The van der Waals surface area contributed by atoms with Crippen LogP contribution in [0.5, 0.6) is 11.5 Å². The Hall–Kier alpha value is -3.62. The molecule has 0 fully saturated rings. The number of carbonyl (C=O) groups excluding carboxylic acids is 1. The van der Waals surface area contributed by atoms with Crippen LogP contribution in [0.2, 0.25) is 0 Å². The highest BCUT2D eigenvalue weighted by molar-refractivity contribution is 7.07. The van der Waals surface area contributed by atoms with Gasteiger partial charge in [-0.05, 0) is 35.0 Å². The third-order valence-corrected chi connectivity index (χ3v) is 6.83. The number of fused-ring (bicyclic) bond motifs is 1. The van der Waals surface area contributed by atoms with Gasteiger partial charge < -0.3 is 14.4 Å². The normalized spacial score (nSPS) is 15.7. The van der Waals surface area contributed by atoms with Gasteiger partial charge in [0, 0.05) is 55.6 Å². The maximum absolute atomic E-state index is 13.2. The molecular formula is C27H28N4O3S. The van der Waals surface area contributed by atoms with Gasteiger partial charge in [0.15, 0.2) is 0 Å². The van der Waals surface area contributed by atoms with E-state index in [2.05, 4.69) is 32.9 Å². The molecule has 35 heavy (non-hydrogen) atoms. The molecule has 3 heterocycles. The van der Waals surface area contributed by atoms with Crippen LogP contribution in [0.1, 0.15) is 22.8 Å². The van der Waals surface area contributed by atoms with Crippen LogP contribution < -0.4 is 9.47 Å². The Morgan fingerprint density at radius 2 is 2.11 bits per heavy atom. The van der Waals surface area contributed by atoms with Crippen LogP contribution in [0.15, 0.2) is 77.8 Å². The standard InChI is InChI=1S/C27H28N4O3S/c1-29(14-20-13-28-31(15-20)23-7-5-8-24(12-23)33-2)27(32)18-30-16-21-6-3-4-9-25(21)34-26(17-30)22-10-11-35-19-22/h3-13,15,19,26H,14,16-18H2,1-2H3/t26-/m0/s1. The van der Waals surface area contributed by atoms with E-state index >= 15 is 0 Å². The summed E-state index contributed by atoms with van der Waals surface area (Å²) in [5.41, 5.74) is 4.11. The summed E-state index contributed by atoms with van der Waals surface area (Å²) in [7, 11) is 3.48. The van der Waals surface area contributed by atoms with Crippen LogP contribution in [0.25, 0.3) is 5.69 Å². The van der Waals surface area contributed by atoms with Crippen LogP contribution in [-0.2, 0) is 17.9 Å². The fourth-order valence-electron chi connectivity index (χ4n) is 4.24. The highest BCUT2D eigenvalue weighted by Crippen LogP contribution is 2.31. The Labute approximate surface area is 209 Å². The van der Waals surface area contributed by atoms with Crippen LogP contribution in [-0.4, -0.2) is 52.7 Å². The number of methoxy groups -OCH3 is 1. The van der Waals surface area contributed by atoms with Crippen molar-refractivity contribution in [2.75, 3.05) is 27.2 Å². The van der Waals surface area contributed by atoms with Gasteiger partial charge in [0.1, 0.15) is 17.6 Å². The maximum Gasteiger partial charge on any atom is 0.236 e. The average molecular weight is 489 g/mol. The minimum atomic E-state index is -0.107. The molecule has 0 saturated heterocycles. The SMILES string of the molecule is COc1cccc(-n2cc(CN(C)C(=O)CN3Cc4ccccc4O[C@H](c4ccsc4)C3)cn2)c1. The lowest BCUT2D eigenvalue weighted by Crippen LogP contribution is -2.39. The summed E-state index contributed by atoms with van der Waals surface area (Å²) in [5.74, 6) is 1.72. The number of hydrogen-bond acceptors (Lipinski definition) is 6. The van der Waals surface area contributed by atoms with E-state index in [0.29, 0.717) is 26.2 Å². The lowest BCUT2D eigenvalue weighted by atomic mass is 10.2. The van der Waals surface area contributed by atoms with Gasteiger partial charge in [-0.3, -0.25) is 9.69 Å². The van der Waals surface area contributed by atoms with Gasteiger partial charge in [-0.2, -0.15) is 16.4 Å². The monoisotopic (exact) mass is 488 g/mol. The van der Waals surface area contributed by atoms with Gasteiger partial charge in [0.05, 0.1) is 25.5 Å². The average Bonchev–Trinajstić information content (AvgIpc) is 3.54. The lowest BCUT2D eigenvalue weighted by molar-refractivity contribution is -0.132. The molecule has 0 bridgehead atoms. The molecule has 0 unspecified atom stereocenters. The summed E-state index contributed by atoms with van der Waals surface area (Å²) < 4.78 is 13.5. The minimum absolute atomic E-state index is 0.0579. The van der Waals surface area contributed by atoms with Crippen LogP contribution in [0, 0.1) is 0 Å². The topological polar surface area (TPSA) is 59.8 Å². The van der Waals surface area contributed by atoms with Crippen molar-refractivity contribution in [2.45, 2.75) is 19.2 Å². The quantitative estimate of drug-likeness (QED) is 0.382. The van der Waals surface area contributed by atoms with E-state index in [0.717, 1.165) is 33.9 Å². The molecule has 2 aromatic carbocycles. The first-order valence-corrected chi connectivity index (χ1v) is 12.4. The number of rotatable bonds is 7. The van der Waals surface area contributed by atoms with E-state index in [1.54, 1.807) is 34.2 Å². The first-order chi connectivity index (χ1) is 17.1. The van der Waals surface area contributed by atoms with Crippen molar-refractivity contribution >= 4 is 17.2 Å². The van der Waals surface area contributed by atoms with E-state index in [-0.39, 0.29) is 12.0 Å². The molecule has 0 saturated carbocycles. The Morgan fingerprint density at radius 1 is 1.23 bits per heavy atom. The van der Waals surface area contributed by atoms with Gasteiger partial charge >= 0.3 is 0 Å². The molecule has 1 aliphatic heterocycles. The second-order valence-electron chi connectivity index (χ2n) is 8.68. The number of para-hydroxylation sites is 1. The lowest BCUT2D eigenvalue weighted by Gasteiger charge is -2.25. The van der Waals surface area contributed by atoms with Gasteiger partial charge in [0.2, 0.25) is 5.91 Å². The highest BCUT2D eigenvalue weighted by atomic mass is 32.1. The Kier molecular flexibility index (Phi) is 6.83. The molecule has 1 aliphatic rings. The number of ether oxygens (including phenoxy) is 2. The molecule has 1 amide bonds. The van der Waals surface area contributed by atoms with Crippen molar-refractivity contribution in [2.24, 2.45) is 0 Å². The van der Waals surface area contributed by atoms with Gasteiger partial charge in [-0.1, -0.05) is 24.3 Å². The van der Waals surface area contributed by atoms with Crippen molar-refractivity contribution < 1.29 is 14.3 Å². The number of likely N-dealkylation sites (N-methyl/N-ethyl adjacent to an activating group) is 1. The molecule has 2 aromatic heterocycles. The molecule has 4 aromatic rings. The van der Waals surface area contributed by atoms with Gasteiger partial charge in [0.25, 0.3) is 0 Å². The summed E-state index contributed by atoms with van der Waals surface area (Å²) >= 11 is 1.66. The Morgan fingerprint density at radius 3 is 2.94 bits per heavy atom. The summed E-state index contributed by atoms with van der Waals surface area (Å²) in [6.07, 6.45) is 3.64. The molecule has 7 nitrogen and oxygen atoms in total. The molecular weight excluding hydrogens is 460 g/mol. The number of thiophene rings is 1. The minimum Gasteiger partial charge on any atom is -0.497 e. The van der Waals surface area contributed by atoms with E-state index in [1.165, 1.54) is 0 Å². The van der Waals surface area contributed by atoms with Crippen molar-refractivity contribution in [1.29, 1.82) is 0 Å². The molecule has 1 atom stereocenters. The van der Waals surface area contributed by atoms with E-state index in [1.807, 2.05) is 55.7 Å².